The van der Waals surface area contributed by atoms with Gasteiger partial charge in [0.05, 0.1) is 10.6 Å². The highest BCUT2D eigenvalue weighted by atomic mass is 35.5. The van der Waals surface area contributed by atoms with Crippen LogP contribution in [0, 0.1) is 0 Å². The molecule has 1 saturated carbocycles. The molecule has 0 unspecified atom stereocenters. The van der Waals surface area contributed by atoms with Crippen molar-refractivity contribution < 1.29 is 12.9 Å². The molecule has 9 heteroatoms. The summed E-state index contributed by atoms with van der Waals surface area (Å²) in [4.78, 5) is 4.31. The van der Waals surface area contributed by atoms with Crippen LogP contribution in [0.5, 0.6) is 0 Å². The first-order chi connectivity index (χ1) is 10.7. The van der Waals surface area contributed by atoms with Crippen molar-refractivity contribution in [2.75, 3.05) is 14.1 Å². The molecule has 23 heavy (non-hydrogen) atoms. The lowest BCUT2D eigenvalue weighted by Gasteiger charge is -2.34. The van der Waals surface area contributed by atoms with E-state index in [1.807, 2.05) is 0 Å². The number of aromatic nitrogens is 2. The first kappa shape index (κ1) is 16.4. The van der Waals surface area contributed by atoms with Gasteiger partial charge in [0, 0.05) is 19.7 Å². The second-order valence-electron chi connectivity index (χ2n) is 5.87. The first-order valence-corrected chi connectivity index (χ1v) is 8.91. The third-order valence-corrected chi connectivity index (χ3v) is 6.35. The Hall–Kier alpha value is -1.48. The zero-order chi connectivity index (χ0) is 16.8. The number of sulfonamides is 1. The number of benzene rings is 1. The topological polar surface area (TPSA) is 102 Å². The lowest BCUT2D eigenvalue weighted by atomic mass is 9.77. The summed E-state index contributed by atoms with van der Waals surface area (Å²) in [5.74, 6) is 0.675. The minimum atomic E-state index is -3.67. The van der Waals surface area contributed by atoms with Gasteiger partial charge in [-0.05, 0) is 37.5 Å². The Labute approximate surface area is 139 Å². The van der Waals surface area contributed by atoms with E-state index < -0.39 is 15.6 Å². The van der Waals surface area contributed by atoms with Gasteiger partial charge in [0.1, 0.15) is 4.90 Å². The quantitative estimate of drug-likeness (QED) is 0.898. The fourth-order valence-electron chi connectivity index (χ4n) is 2.36. The minimum Gasteiger partial charge on any atom is -0.334 e. The maximum Gasteiger partial charge on any atom is 0.258 e. The molecule has 1 heterocycles. The lowest BCUT2D eigenvalue weighted by Crippen LogP contribution is -2.44. The van der Waals surface area contributed by atoms with Crippen LogP contribution in [-0.4, -0.2) is 37.0 Å². The standard InChI is InChI=1S/C14H17ClN4O3S/c1-19(2)23(20,21)11-8-9(4-5-10(11)15)12-17-13(18-22-12)14(16)6-3-7-14/h4-5,8H,3,6-7,16H2,1-2H3. The number of rotatable bonds is 4. The molecule has 1 aliphatic rings. The molecule has 1 aromatic heterocycles. The Morgan fingerprint density at radius 1 is 1.35 bits per heavy atom. The van der Waals surface area contributed by atoms with Crippen molar-refractivity contribution in [3.05, 3.63) is 29.0 Å². The van der Waals surface area contributed by atoms with Gasteiger partial charge in [-0.2, -0.15) is 4.98 Å². The van der Waals surface area contributed by atoms with Gasteiger partial charge < -0.3 is 10.3 Å². The second-order valence-corrected chi connectivity index (χ2v) is 8.39. The van der Waals surface area contributed by atoms with E-state index >= 15 is 0 Å². The third-order valence-electron chi connectivity index (χ3n) is 4.05. The van der Waals surface area contributed by atoms with Gasteiger partial charge in [0.2, 0.25) is 10.0 Å². The van der Waals surface area contributed by atoms with Crippen molar-refractivity contribution in [3.8, 4) is 11.5 Å². The number of hydrogen-bond donors (Lipinski definition) is 1. The van der Waals surface area contributed by atoms with Crippen LogP contribution < -0.4 is 5.73 Å². The van der Waals surface area contributed by atoms with Crippen LogP contribution in [0.1, 0.15) is 25.1 Å². The highest BCUT2D eigenvalue weighted by Gasteiger charge is 2.39. The summed E-state index contributed by atoms with van der Waals surface area (Å²) in [5, 5.41) is 4.07. The summed E-state index contributed by atoms with van der Waals surface area (Å²) in [6, 6.07) is 4.57. The largest absolute Gasteiger partial charge is 0.334 e. The van der Waals surface area contributed by atoms with Crippen molar-refractivity contribution in [3.63, 3.8) is 0 Å². The van der Waals surface area contributed by atoms with Crippen LogP contribution in [-0.2, 0) is 15.6 Å². The molecule has 0 aliphatic heterocycles. The van der Waals surface area contributed by atoms with E-state index in [9.17, 15) is 8.42 Å². The molecule has 1 fully saturated rings. The van der Waals surface area contributed by atoms with Crippen LogP contribution in [0.15, 0.2) is 27.6 Å². The Bertz CT molecular complexity index is 843. The summed E-state index contributed by atoms with van der Waals surface area (Å²) >= 11 is 6.03. The van der Waals surface area contributed by atoms with E-state index in [4.69, 9.17) is 21.9 Å². The number of nitrogens with zero attached hydrogens (tertiary/aromatic N) is 3. The van der Waals surface area contributed by atoms with E-state index in [0.29, 0.717) is 11.4 Å². The van der Waals surface area contributed by atoms with Crippen molar-refractivity contribution >= 4 is 21.6 Å². The Balaban J connectivity index is 2.02. The first-order valence-electron chi connectivity index (χ1n) is 7.09. The molecular formula is C14H17ClN4O3S. The predicted octanol–water partition coefficient (Wildman–Crippen LogP) is 1.98. The molecule has 2 N–H and O–H groups in total. The summed E-state index contributed by atoms with van der Waals surface area (Å²) < 4.78 is 31.0. The van der Waals surface area contributed by atoms with Gasteiger partial charge in [-0.25, -0.2) is 12.7 Å². The molecule has 1 aliphatic carbocycles. The Morgan fingerprint density at radius 3 is 2.61 bits per heavy atom. The molecule has 124 valence electrons. The highest BCUT2D eigenvalue weighted by molar-refractivity contribution is 7.89. The van der Waals surface area contributed by atoms with Crippen LogP contribution in [0.25, 0.3) is 11.5 Å². The zero-order valence-corrected chi connectivity index (χ0v) is 14.4. The van der Waals surface area contributed by atoms with Crippen LogP contribution in [0.4, 0.5) is 0 Å². The molecule has 0 bridgehead atoms. The molecule has 0 radical (unpaired) electrons. The molecule has 0 spiro atoms. The maximum absolute atomic E-state index is 12.3. The Kier molecular flexibility index (Phi) is 3.96. The van der Waals surface area contributed by atoms with Gasteiger partial charge in [-0.1, -0.05) is 16.8 Å². The van der Waals surface area contributed by atoms with Gasteiger partial charge in [0.15, 0.2) is 5.82 Å². The van der Waals surface area contributed by atoms with E-state index in [2.05, 4.69) is 10.1 Å². The fourth-order valence-corrected chi connectivity index (χ4v) is 3.75. The molecule has 0 saturated heterocycles. The predicted molar refractivity (Wildman–Crippen MR) is 85.3 cm³/mol. The third kappa shape index (κ3) is 2.76. The molecule has 7 nitrogen and oxygen atoms in total. The van der Waals surface area contributed by atoms with E-state index in [0.717, 1.165) is 23.6 Å². The van der Waals surface area contributed by atoms with E-state index in [1.54, 1.807) is 6.07 Å². The molecule has 1 aromatic carbocycles. The molecule has 2 aromatic rings. The number of nitrogens with two attached hydrogens (primary N) is 1. The van der Waals surface area contributed by atoms with E-state index in [1.165, 1.54) is 26.2 Å². The van der Waals surface area contributed by atoms with Crippen molar-refractivity contribution in [1.82, 2.24) is 14.4 Å². The SMILES string of the molecule is CN(C)S(=O)(=O)c1cc(-c2nc(C3(N)CCC3)no2)ccc1Cl. The summed E-state index contributed by atoms with van der Waals surface area (Å²) in [6.45, 7) is 0. The summed E-state index contributed by atoms with van der Waals surface area (Å²) in [6.07, 6.45) is 2.66. The van der Waals surface area contributed by atoms with Gasteiger partial charge >= 0.3 is 0 Å². The normalized spacial score (nSPS) is 17.3. The van der Waals surface area contributed by atoms with Crippen LogP contribution >= 0.6 is 11.6 Å². The van der Waals surface area contributed by atoms with Crippen molar-refractivity contribution in [1.29, 1.82) is 0 Å². The second kappa shape index (κ2) is 5.55. The summed E-state index contributed by atoms with van der Waals surface area (Å²) in [7, 11) is -0.782. The van der Waals surface area contributed by atoms with Crippen LogP contribution in [0.2, 0.25) is 5.02 Å². The smallest absolute Gasteiger partial charge is 0.258 e. The average Bonchev–Trinajstić information content (AvgIpc) is 2.95. The molecule has 0 atom stereocenters. The van der Waals surface area contributed by atoms with Gasteiger partial charge in [-0.15, -0.1) is 0 Å². The van der Waals surface area contributed by atoms with Crippen molar-refractivity contribution in [2.45, 2.75) is 29.7 Å². The van der Waals surface area contributed by atoms with Crippen molar-refractivity contribution in [2.24, 2.45) is 5.73 Å². The highest BCUT2D eigenvalue weighted by Crippen LogP contribution is 2.38. The number of halogens is 1. The van der Waals surface area contributed by atoms with Gasteiger partial charge in [-0.3, -0.25) is 0 Å². The summed E-state index contributed by atoms with van der Waals surface area (Å²) in [5.41, 5.74) is 6.12. The average molecular weight is 357 g/mol. The van der Waals surface area contributed by atoms with E-state index in [-0.39, 0.29) is 15.8 Å². The molecular weight excluding hydrogens is 340 g/mol. The van der Waals surface area contributed by atoms with Crippen LogP contribution in [0.3, 0.4) is 0 Å². The maximum atomic E-state index is 12.3. The Morgan fingerprint density at radius 2 is 2.04 bits per heavy atom. The monoisotopic (exact) mass is 356 g/mol. The zero-order valence-electron chi connectivity index (χ0n) is 12.8. The fraction of sp³-hybridized carbons (Fsp3) is 0.429. The molecule has 0 amide bonds. The molecule has 3 rings (SSSR count). The minimum absolute atomic E-state index is 0.00692. The number of hydrogen-bond acceptors (Lipinski definition) is 6. The lowest BCUT2D eigenvalue weighted by molar-refractivity contribution is 0.229. The van der Waals surface area contributed by atoms with Gasteiger partial charge in [0.25, 0.3) is 5.89 Å².